The Morgan fingerprint density at radius 2 is 2.10 bits per heavy atom. The van der Waals surface area contributed by atoms with Gasteiger partial charge in [0.15, 0.2) is 0 Å². The lowest BCUT2D eigenvalue weighted by atomic mass is 9.82. The average Bonchev–Trinajstić information content (AvgIpc) is 2.87. The molecular formula is C18H17NO. The quantitative estimate of drug-likeness (QED) is 0.873. The van der Waals surface area contributed by atoms with Crippen LogP contribution in [0, 0.1) is 0 Å². The van der Waals surface area contributed by atoms with E-state index in [1.54, 1.807) is 0 Å². The largest absolute Gasteiger partial charge is 0.366 e. The number of carbonyl (C=O) groups is 1. The number of fused-ring (bicyclic) bond motifs is 1. The molecule has 2 nitrogen and oxygen atoms in total. The van der Waals surface area contributed by atoms with Crippen LogP contribution in [0.25, 0.3) is 11.6 Å². The van der Waals surface area contributed by atoms with Crippen molar-refractivity contribution in [3.63, 3.8) is 0 Å². The molecule has 0 bridgehead atoms. The van der Waals surface area contributed by atoms with Crippen LogP contribution in [0.2, 0.25) is 0 Å². The molecule has 2 heteroatoms. The van der Waals surface area contributed by atoms with Crippen molar-refractivity contribution in [2.24, 2.45) is 5.73 Å². The monoisotopic (exact) mass is 263 g/mol. The molecule has 2 aliphatic rings. The van der Waals surface area contributed by atoms with Crippen LogP contribution < -0.4 is 5.73 Å². The first-order chi connectivity index (χ1) is 9.59. The molecule has 2 N–H and O–H groups in total. The smallest absolute Gasteiger partial charge is 0.248 e. The lowest BCUT2D eigenvalue weighted by Gasteiger charge is -2.22. The van der Waals surface area contributed by atoms with E-state index in [9.17, 15) is 4.79 Å². The number of benzene rings is 1. The summed E-state index contributed by atoms with van der Waals surface area (Å²) in [4.78, 5) is 11.6. The molecule has 0 spiro atoms. The molecule has 100 valence electrons. The van der Waals surface area contributed by atoms with Gasteiger partial charge >= 0.3 is 0 Å². The molecule has 2 aliphatic carbocycles. The topological polar surface area (TPSA) is 43.1 Å². The lowest BCUT2D eigenvalue weighted by molar-refractivity contribution is -0.114. The first-order valence-electron chi connectivity index (χ1n) is 6.77. The molecule has 0 atom stereocenters. The summed E-state index contributed by atoms with van der Waals surface area (Å²) < 4.78 is 0. The summed E-state index contributed by atoms with van der Waals surface area (Å²) in [7, 11) is 0. The van der Waals surface area contributed by atoms with Crippen molar-refractivity contribution in [2.45, 2.75) is 19.8 Å². The molecule has 0 aliphatic heterocycles. The van der Waals surface area contributed by atoms with Gasteiger partial charge in [0.05, 0.1) is 0 Å². The summed E-state index contributed by atoms with van der Waals surface area (Å²) in [5.74, 6) is -0.365. The number of allylic oxidation sites excluding steroid dienone is 4. The van der Waals surface area contributed by atoms with Crippen molar-refractivity contribution in [1.82, 2.24) is 0 Å². The van der Waals surface area contributed by atoms with Gasteiger partial charge in [-0.25, -0.2) is 0 Å². The van der Waals surface area contributed by atoms with Gasteiger partial charge in [-0.15, -0.1) is 0 Å². The Bertz CT molecular complexity index is 717. The van der Waals surface area contributed by atoms with Crippen LogP contribution in [0.5, 0.6) is 0 Å². The fourth-order valence-electron chi connectivity index (χ4n) is 3.07. The predicted molar refractivity (Wildman–Crippen MR) is 82.8 cm³/mol. The third-order valence-corrected chi connectivity index (χ3v) is 4.04. The molecule has 1 amide bonds. The zero-order valence-electron chi connectivity index (χ0n) is 11.6. The average molecular weight is 263 g/mol. The minimum atomic E-state index is -0.365. The zero-order valence-corrected chi connectivity index (χ0v) is 11.6. The Labute approximate surface area is 119 Å². The standard InChI is InChI=1S/C18H17NO/c1-11-9-10-14(18(19)20)12(2)17(11)16-8-4-6-13-5-3-7-15(13)16/h3-4,6-8,10H,1,5,9H2,2H3,(H2,19,20). The van der Waals surface area contributed by atoms with Gasteiger partial charge in [0.25, 0.3) is 0 Å². The normalized spacial score (nSPS) is 17.2. The van der Waals surface area contributed by atoms with Gasteiger partial charge in [-0.05, 0) is 53.2 Å². The summed E-state index contributed by atoms with van der Waals surface area (Å²) >= 11 is 0. The van der Waals surface area contributed by atoms with Crippen LogP contribution in [0.15, 0.2) is 53.6 Å². The highest BCUT2D eigenvalue weighted by atomic mass is 16.1. The number of carbonyl (C=O) groups excluding carboxylic acids is 1. The van der Waals surface area contributed by atoms with Crippen molar-refractivity contribution < 1.29 is 4.79 Å². The number of primary amides is 1. The van der Waals surface area contributed by atoms with Crippen molar-refractivity contribution in [1.29, 1.82) is 0 Å². The van der Waals surface area contributed by atoms with Crippen LogP contribution in [0.4, 0.5) is 0 Å². The van der Waals surface area contributed by atoms with Crippen LogP contribution in [0.3, 0.4) is 0 Å². The first kappa shape index (κ1) is 12.7. The fraction of sp³-hybridized carbons (Fsp3) is 0.167. The summed E-state index contributed by atoms with van der Waals surface area (Å²) in [5.41, 5.74) is 12.9. The Kier molecular flexibility index (Phi) is 2.94. The second-order valence-corrected chi connectivity index (χ2v) is 5.27. The Hall–Kier alpha value is -2.35. The Morgan fingerprint density at radius 1 is 1.30 bits per heavy atom. The van der Waals surface area contributed by atoms with Crippen molar-refractivity contribution in [3.8, 4) is 0 Å². The fourth-order valence-corrected chi connectivity index (χ4v) is 3.07. The van der Waals surface area contributed by atoms with Gasteiger partial charge in [0.2, 0.25) is 5.91 Å². The van der Waals surface area contributed by atoms with Crippen LogP contribution in [-0.2, 0) is 11.2 Å². The van der Waals surface area contributed by atoms with E-state index >= 15 is 0 Å². The number of nitrogens with two attached hydrogens (primary N) is 1. The third-order valence-electron chi connectivity index (χ3n) is 4.04. The number of hydrogen-bond acceptors (Lipinski definition) is 1. The molecule has 1 aromatic rings. The number of amides is 1. The highest BCUT2D eigenvalue weighted by molar-refractivity contribution is 6.03. The predicted octanol–water partition coefficient (Wildman–Crippen LogP) is 3.40. The highest BCUT2D eigenvalue weighted by Crippen LogP contribution is 2.39. The first-order valence-corrected chi connectivity index (χ1v) is 6.77. The number of hydrogen-bond donors (Lipinski definition) is 1. The van der Waals surface area contributed by atoms with E-state index in [0.29, 0.717) is 12.0 Å². The maximum Gasteiger partial charge on any atom is 0.248 e. The molecule has 0 saturated carbocycles. The Morgan fingerprint density at radius 3 is 2.85 bits per heavy atom. The van der Waals surface area contributed by atoms with E-state index in [1.807, 2.05) is 13.0 Å². The summed E-state index contributed by atoms with van der Waals surface area (Å²) in [5, 5.41) is 0. The van der Waals surface area contributed by atoms with E-state index in [1.165, 1.54) is 11.1 Å². The highest BCUT2D eigenvalue weighted by Gasteiger charge is 2.22. The van der Waals surface area contributed by atoms with Crippen LogP contribution >= 0.6 is 0 Å². The van der Waals surface area contributed by atoms with E-state index in [2.05, 4.69) is 36.9 Å². The molecular weight excluding hydrogens is 246 g/mol. The molecule has 0 saturated heterocycles. The molecule has 3 rings (SSSR count). The maximum atomic E-state index is 11.6. The summed E-state index contributed by atoms with van der Waals surface area (Å²) in [6.45, 7) is 6.12. The zero-order chi connectivity index (χ0) is 14.3. The molecule has 0 radical (unpaired) electrons. The summed E-state index contributed by atoms with van der Waals surface area (Å²) in [6, 6.07) is 6.31. The maximum absolute atomic E-state index is 11.6. The summed E-state index contributed by atoms with van der Waals surface area (Å²) in [6.07, 6.45) is 7.85. The molecule has 0 heterocycles. The minimum absolute atomic E-state index is 0.365. The SMILES string of the molecule is C=C1CC=C(C(N)=O)C(C)=C1c1cccc2c1C=CC2. The molecule has 0 unspecified atom stereocenters. The van der Waals surface area contributed by atoms with E-state index in [-0.39, 0.29) is 5.91 Å². The van der Waals surface area contributed by atoms with Crippen molar-refractivity contribution in [2.75, 3.05) is 0 Å². The molecule has 0 aromatic heterocycles. The van der Waals surface area contributed by atoms with E-state index in [4.69, 9.17) is 5.73 Å². The minimum Gasteiger partial charge on any atom is -0.366 e. The lowest BCUT2D eigenvalue weighted by Crippen LogP contribution is -2.18. The molecule has 0 fully saturated rings. The van der Waals surface area contributed by atoms with E-state index in [0.717, 1.165) is 28.7 Å². The molecule has 1 aromatic carbocycles. The van der Waals surface area contributed by atoms with Gasteiger partial charge in [0.1, 0.15) is 0 Å². The van der Waals surface area contributed by atoms with Gasteiger partial charge in [0, 0.05) is 5.57 Å². The van der Waals surface area contributed by atoms with Crippen molar-refractivity contribution >= 4 is 17.6 Å². The number of rotatable bonds is 2. The van der Waals surface area contributed by atoms with Gasteiger partial charge in [-0.2, -0.15) is 0 Å². The second kappa shape index (κ2) is 4.64. The van der Waals surface area contributed by atoms with Gasteiger partial charge in [-0.1, -0.05) is 43.0 Å². The van der Waals surface area contributed by atoms with Crippen LogP contribution in [-0.4, -0.2) is 5.91 Å². The third kappa shape index (κ3) is 1.85. The second-order valence-electron chi connectivity index (χ2n) is 5.27. The van der Waals surface area contributed by atoms with Crippen molar-refractivity contribution in [3.05, 3.63) is 70.3 Å². The van der Waals surface area contributed by atoms with E-state index < -0.39 is 0 Å². The van der Waals surface area contributed by atoms with Crippen LogP contribution in [0.1, 0.15) is 30.0 Å². The van der Waals surface area contributed by atoms with Gasteiger partial charge in [-0.3, -0.25) is 4.79 Å². The Balaban J connectivity index is 2.22. The molecule has 20 heavy (non-hydrogen) atoms. The van der Waals surface area contributed by atoms with Gasteiger partial charge < -0.3 is 5.73 Å².